The van der Waals surface area contributed by atoms with Gasteiger partial charge in [-0.25, -0.2) is 9.97 Å². The van der Waals surface area contributed by atoms with Gasteiger partial charge in [-0.05, 0) is 39.5 Å². The fourth-order valence-corrected chi connectivity index (χ4v) is 2.21. The molecule has 0 amide bonds. The molecule has 0 spiro atoms. The van der Waals surface area contributed by atoms with Gasteiger partial charge in [0.15, 0.2) is 0 Å². The molecule has 0 saturated carbocycles. The van der Waals surface area contributed by atoms with Crippen LogP contribution < -0.4 is 5.32 Å². The third-order valence-electron chi connectivity index (χ3n) is 2.91. The van der Waals surface area contributed by atoms with E-state index in [2.05, 4.69) is 69.3 Å². The van der Waals surface area contributed by atoms with Gasteiger partial charge in [0, 0.05) is 18.2 Å². The molecule has 0 unspecified atom stereocenters. The molecular formula is C15H18BrN3. The van der Waals surface area contributed by atoms with Crippen LogP contribution in [0.5, 0.6) is 0 Å². The minimum Gasteiger partial charge on any atom is -0.340 e. The first kappa shape index (κ1) is 14.0. The highest BCUT2D eigenvalue weighted by atomic mass is 79.9. The fourth-order valence-electron chi connectivity index (χ4n) is 1.79. The number of nitrogens with zero attached hydrogens (tertiary/aromatic N) is 2. The number of anilines is 2. The zero-order chi connectivity index (χ0) is 13.8. The second-order valence-corrected chi connectivity index (χ2v) is 5.56. The van der Waals surface area contributed by atoms with Crippen molar-refractivity contribution in [2.24, 2.45) is 0 Å². The minimum absolute atomic E-state index is 0.550. The van der Waals surface area contributed by atoms with Crippen molar-refractivity contribution in [3.8, 4) is 0 Å². The van der Waals surface area contributed by atoms with Crippen molar-refractivity contribution in [2.45, 2.75) is 33.1 Å². The maximum absolute atomic E-state index is 4.45. The number of rotatable bonds is 4. The number of hydrogen-bond donors (Lipinski definition) is 1. The van der Waals surface area contributed by atoms with E-state index < -0.39 is 0 Å². The Bertz CT molecular complexity index is 550. The average Bonchev–Trinajstić information content (AvgIpc) is 2.38. The van der Waals surface area contributed by atoms with E-state index in [0.717, 1.165) is 28.4 Å². The van der Waals surface area contributed by atoms with E-state index in [-0.39, 0.29) is 0 Å². The Morgan fingerprint density at radius 2 is 1.84 bits per heavy atom. The lowest BCUT2D eigenvalue weighted by molar-refractivity contribution is 0.867. The van der Waals surface area contributed by atoms with Crippen LogP contribution in [0.25, 0.3) is 0 Å². The molecule has 1 N–H and O–H groups in total. The number of hydrogen-bond acceptors (Lipinski definition) is 3. The summed E-state index contributed by atoms with van der Waals surface area (Å²) in [6.07, 6.45) is 0.820. The molecule has 0 fully saturated rings. The number of benzene rings is 1. The smallest absolute Gasteiger partial charge is 0.135 e. The highest BCUT2D eigenvalue weighted by molar-refractivity contribution is 9.10. The van der Waals surface area contributed by atoms with E-state index in [1.807, 2.05) is 13.0 Å². The topological polar surface area (TPSA) is 37.8 Å². The summed E-state index contributed by atoms with van der Waals surface area (Å²) in [5.41, 5.74) is 2.38. The van der Waals surface area contributed by atoms with Crippen molar-refractivity contribution in [3.05, 3.63) is 46.3 Å². The van der Waals surface area contributed by atoms with Gasteiger partial charge in [0.2, 0.25) is 0 Å². The average molecular weight is 320 g/mol. The van der Waals surface area contributed by atoms with Crippen LogP contribution in [0.3, 0.4) is 0 Å². The van der Waals surface area contributed by atoms with E-state index in [9.17, 15) is 0 Å². The molecule has 0 aliphatic carbocycles. The van der Waals surface area contributed by atoms with Crippen LogP contribution in [-0.4, -0.2) is 9.97 Å². The second kappa shape index (κ2) is 6.15. The molecule has 1 aromatic carbocycles. The van der Waals surface area contributed by atoms with Gasteiger partial charge in [0.1, 0.15) is 16.2 Å². The van der Waals surface area contributed by atoms with E-state index in [0.29, 0.717) is 5.92 Å². The molecule has 100 valence electrons. The van der Waals surface area contributed by atoms with Crippen molar-refractivity contribution >= 4 is 27.4 Å². The Kier molecular flexibility index (Phi) is 4.53. The van der Waals surface area contributed by atoms with Crippen LogP contribution in [0.15, 0.2) is 34.9 Å². The lowest BCUT2D eigenvalue weighted by Crippen LogP contribution is -2.00. The lowest BCUT2D eigenvalue weighted by atomic mass is 10.0. The van der Waals surface area contributed by atoms with Gasteiger partial charge >= 0.3 is 0 Å². The highest BCUT2D eigenvalue weighted by Crippen LogP contribution is 2.21. The van der Waals surface area contributed by atoms with Gasteiger partial charge in [-0.3, -0.25) is 0 Å². The van der Waals surface area contributed by atoms with Crippen molar-refractivity contribution in [3.63, 3.8) is 0 Å². The highest BCUT2D eigenvalue weighted by Gasteiger charge is 2.03. The Balaban J connectivity index is 2.18. The summed E-state index contributed by atoms with van der Waals surface area (Å²) in [6.45, 7) is 6.43. The van der Waals surface area contributed by atoms with Gasteiger partial charge in [-0.2, -0.15) is 0 Å². The predicted octanol–water partition coefficient (Wildman–Crippen LogP) is 4.67. The molecule has 0 saturated heterocycles. The lowest BCUT2D eigenvalue weighted by Gasteiger charge is -2.09. The van der Waals surface area contributed by atoms with Gasteiger partial charge in [0.05, 0.1) is 0 Å². The molecule has 4 heteroatoms. The Morgan fingerprint density at radius 3 is 2.42 bits per heavy atom. The Morgan fingerprint density at radius 1 is 1.16 bits per heavy atom. The summed E-state index contributed by atoms with van der Waals surface area (Å²) in [7, 11) is 0. The Labute approximate surface area is 122 Å². The van der Waals surface area contributed by atoms with Crippen LogP contribution in [-0.2, 0) is 6.42 Å². The first-order valence-corrected chi connectivity index (χ1v) is 7.28. The monoisotopic (exact) mass is 319 g/mol. The maximum atomic E-state index is 4.45. The minimum atomic E-state index is 0.550. The third kappa shape index (κ3) is 3.77. The zero-order valence-corrected chi connectivity index (χ0v) is 13.0. The van der Waals surface area contributed by atoms with Crippen LogP contribution in [0.1, 0.15) is 38.1 Å². The van der Waals surface area contributed by atoms with Crippen LogP contribution in [0, 0.1) is 0 Å². The summed E-state index contributed by atoms with van der Waals surface area (Å²) < 4.78 is 0.806. The summed E-state index contributed by atoms with van der Waals surface area (Å²) >= 11 is 3.41. The van der Waals surface area contributed by atoms with Gasteiger partial charge in [-0.1, -0.05) is 32.9 Å². The third-order valence-corrected chi connectivity index (χ3v) is 3.31. The molecule has 1 aromatic heterocycles. The standard InChI is InChI=1S/C15H18BrN3/c1-4-14-18-13(16)9-15(19-14)17-12-7-5-11(6-8-12)10(2)3/h5-10H,4H2,1-3H3,(H,17,18,19). The van der Waals surface area contributed by atoms with Gasteiger partial charge in [-0.15, -0.1) is 0 Å². The van der Waals surface area contributed by atoms with Crippen molar-refractivity contribution in [2.75, 3.05) is 5.32 Å². The largest absolute Gasteiger partial charge is 0.340 e. The van der Waals surface area contributed by atoms with E-state index in [4.69, 9.17) is 0 Å². The summed E-state index contributed by atoms with van der Waals surface area (Å²) in [5, 5.41) is 3.30. The Hall–Kier alpha value is -1.42. The number of nitrogens with one attached hydrogen (secondary N) is 1. The first-order chi connectivity index (χ1) is 9.08. The predicted molar refractivity (Wildman–Crippen MR) is 82.9 cm³/mol. The molecule has 0 atom stereocenters. The fraction of sp³-hybridized carbons (Fsp3) is 0.333. The quantitative estimate of drug-likeness (QED) is 0.832. The molecule has 19 heavy (non-hydrogen) atoms. The first-order valence-electron chi connectivity index (χ1n) is 6.49. The SMILES string of the molecule is CCc1nc(Br)cc(Nc2ccc(C(C)C)cc2)n1. The molecule has 0 aliphatic heterocycles. The molecule has 0 aliphatic rings. The van der Waals surface area contributed by atoms with Crippen LogP contribution in [0.2, 0.25) is 0 Å². The van der Waals surface area contributed by atoms with E-state index in [1.165, 1.54) is 5.56 Å². The summed E-state index contributed by atoms with van der Waals surface area (Å²) in [5.74, 6) is 2.20. The molecular weight excluding hydrogens is 302 g/mol. The summed E-state index contributed by atoms with van der Waals surface area (Å²) in [4.78, 5) is 8.75. The molecule has 1 heterocycles. The molecule has 3 nitrogen and oxygen atoms in total. The van der Waals surface area contributed by atoms with Crippen LogP contribution >= 0.6 is 15.9 Å². The van der Waals surface area contributed by atoms with Gasteiger partial charge in [0.25, 0.3) is 0 Å². The number of aryl methyl sites for hydroxylation is 1. The normalized spacial score (nSPS) is 10.8. The summed E-state index contributed by atoms with van der Waals surface area (Å²) in [6, 6.07) is 10.3. The van der Waals surface area contributed by atoms with E-state index in [1.54, 1.807) is 0 Å². The number of aromatic nitrogens is 2. The van der Waals surface area contributed by atoms with Crippen LogP contribution in [0.4, 0.5) is 11.5 Å². The molecule has 2 aromatic rings. The zero-order valence-electron chi connectivity index (χ0n) is 11.4. The maximum Gasteiger partial charge on any atom is 0.135 e. The van der Waals surface area contributed by atoms with Crippen molar-refractivity contribution in [1.82, 2.24) is 9.97 Å². The molecule has 0 bridgehead atoms. The molecule has 0 radical (unpaired) electrons. The number of halogens is 1. The van der Waals surface area contributed by atoms with Crippen molar-refractivity contribution in [1.29, 1.82) is 0 Å². The second-order valence-electron chi connectivity index (χ2n) is 4.75. The van der Waals surface area contributed by atoms with E-state index >= 15 is 0 Å². The van der Waals surface area contributed by atoms with Crippen molar-refractivity contribution < 1.29 is 0 Å². The molecule has 2 rings (SSSR count). The van der Waals surface area contributed by atoms with Gasteiger partial charge < -0.3 is 5.32 Å².